The molecule has 3 aromatic rings. The molecule has 2 amide bonds. The lowest BCUT2D eigenvalue weighted by molar-refractivity contribution is 0.0555. The van der Waals surface area contributed by atoms with Crippen LogP contribution in [-0.4, -0.2) is 27.7 Å². The van der Waals surface area contributed by atoms with Gasteiger partial charge in [-0.1, -0.05) is 45.7 Å². The maximum Gasteiger partial charge on any atom is 0.261 e. The van der Waals surface area contributed by atoms with Gasteiger partial charge in [-0.25, -0.2) is 4.98 Å². The lowest BCUT2D eigenvalue weighted by Crippen LogP contribution is -2.41. The van der Waals surface area contributed by atoms with Crippen molar-refractivity contribution in [2.45, 2.75) is 31.7 Å². The minimum atomic E-state index is -0.171. The summed E-state index contributed by atoms with van der Waals surface area (Å²) in [6.07, 6.45) is 3.47. The number of aryl methyl sites for hydroxylation is 1. The maximum atomic E-state index is 12.9. The van der Waals surface area contributed by atoms with Gasteiger partial charge >= 0.3 is 0 Å². The van der Waals surface area contributed by atoms with Gasteiger partial charge < -0.3 is 0 Å². The molecule has 5 rings (SSSR count). The SMILES string of the molecule is O=C1c2ccccc2C(=O)N1[C@@H](CCc1cc2ccc(Br)cc2nc1Cl)C1CC1. The van der Waals surface area contributed by atoms with Crippen LogP contribution in [0.3, 0.4) is 0 Å². The summed E-state index contributed by atoms with van der Waals surface area (Å²) in [7, 11) is 0. The monoisotopic (exact) mass is 468 g/mol. The van der Waals surface area contributed by atoms with Crippen LogP contribution in [0.1, 0.15) is 45.5 Å². The van der Waals surface area contributed by atoms with E-state index in [0.717, 1.165) is 33.8 Å². The maximum absolute atomic E-state index is 12.9. The summed E-state index contributed by atoms with van der Waals surface area (Å²) in [5.74, 6) is 0.0329. The van der Waals surface area contributed by atoms with E-state index in [-0.39, 0.29) is 17.9 Å². The predicted octanol–water partition coefficient (Wildman–Crippen LogP) is 5.66. The first-order valence-electron chi connectivity index (χ1n) is 9.74. The number of benzene rings is 2. The zero-order valence-corrected chi connectivity index (χ0v) is 17.9. The van der Waals surface area contributed by atoms with Crippen molar-refractivity contribution in [3.05, 3.63) is 74.8 Å². The first-order valence-corrected chi connectivity index (χ1v) is 10.9. The summed E-state index contributed by atoms with van der Waals surface area (Å²) < 4.78 is 0.959. The second-order valence-electron chi connectivity index (χ2n) is 7.74. The summed E-state index contributed by atoms with van der Waals surface area (Å²) in [6.45, 7) is 0. The predicted molar refractivity (Wildman–Crippen MR) is 116 cm³/mol. The highest BCUT2D eigenvalue weighted by Crippen LogP contribution is 2.40. The van der Waals surface area contributed by atoms with Gasteiger partial charge in [0.1, 0.15) is 5.15 Å². The molecule has 1 atom stereocenters. The molecule has 0 spiro atoms. The van der Waals surface area contributed by atoms with Gasteiger partial charge in [0.15, 0.2) is 0 Å². The van der Waals surface area contributed by atoms with E-state index in [1.807, 2.05) is 18.2 Å². The summed E-state index contributed by atoms with van der Waals surface area (Å²) in [6, 6.07) is 15.0. The van der Waals surface area contributed by atoms with Crippen molar-refractivity contribution in [2.24, 2.45) is 5.92 Å². The topological polar surface area (TPSA) is 50.3 Å². The summed E-state index contributed by atoms with van der Waals surface area (Å²) >= 11 is 9.91. The van der Waals surface area contributed by atoms with Crippen molar-refractivity contribution in [2.75, 3.05) is 0 Å². The Morgan fingerprint density at radius 2 is 1.76 bits per heavy atom. The molecular formula is C23H18BrClN2O2. The van der Waals surface area contributed by atoms with Gasteiger partial charge in [0.05, 0.1) is 16.6 Å². The molecule has 1 aliphatic heterocycles. The Balaban J connectivity index is 1.41. The second kappa shape index (κ2) is 7.22. The Morgan fingerprint density at radius 3 is 2.41 bits per heavy atom. The Labute approximate surface area is 182 Å². The normalized spacial score (nSPS) is 17.1. The van der Waals surface area contributed by atoms with Crippen molar-refractivity contribution in [1.82, 2.24) is 9.88 Å². The lowest BCUT2D eigenvalue weighted by Gasteiger charge is -2.26. The van der Waals surface area contributed by atoms with E-state index in [4.69, 9.17) is 11.6 Å². The van der Waals surface area contributed by atoms with Gasteiger partial charge in [-0.05, 0) is 67.5 Å². The molecule has 1 aromatic heterocycles. The highest BCUT2D eigenvalue weighted by Gasteiger charge is 2.45. The fourth-order valence-electron chi connectivity index (χ4n) is 4.20. The number of hydrogen-bond acceptors (Lipinski definition) is 3. The van der Waals surface area contributed by atoms with Gasteiger partial charge in [-0.2, -0.15) is 0 Å². The average Bonchev–Trinajstić information content (AvgIpc) is 3.52. The quantitative estimate of drug-likeness (QED) is 0.358. The molecule has 0 saturated heterocycles. The standard InChI is InChI=1S/C23H18BrClN2O2/c24-16-9-7-14-11-15(21(25)26-19(14)12-16)8-10-20(13-5-6-13)27-22(28)17-3-1-2-4-18(17)23(27)29/h1-4,7,9,11-13,20H,5-6,8,10H2/t20-/m0/s1. The summed E-state index contributed by atoms with van der Waals surface area (Å²) in [4.78, 5) is 31.9. The molecule has 29 heavy (non-hydrogen) atoms. The third-order valence-electron chi connectivity index (χ3n) is 5.84. The van der Waals surface area contributed by atoms with E-state index in [1.165, 1.54) is 4.90 Å². The van der Waals surface area contributed by atoms with Crippen LogP contribution in [0.4, 0.5) is 0 Å². The van der Waals surface area contributed by atoms with Gasteiger partial charge in [0.25, 0.3) is 11.8 Å². The van der Waals surface area contributed by atoms with Gasteiger partial charge in [0, 0.05) is 15.9 Å². The van der Waals surface area contributed by atoms with Crippen LogP contribution in [0.25, 0.3) is 10.9 Å². The molecule has 6 heteroatoms. The molecule has 2 aliphatic rings. The Kier molecular flexibility index (Phi) is 4.67. The van der Waals surface area contributed by atoms with Crippen LogP contribution in [0.2, 0.25) is 5.15 Å². The third-order valence-corrected chi connectivity index (χ3v) is 6.66. The minimum Gasteiger partial charge on any atom is -0.271 e. The summed E-state index contributed by atoms with van der Waals surface area (Å²) in [5, 5.41) is 1.50. The number of aromatic nitrogens is 1. The van der Waals surface area contributed by atoms with E-state index < -0.39 is 0 Å². The highest BCUT2D eigenvalue weighted by molar-refractivity contribution is 9.10. The van der Waals surface area contributed by atoms with E-state index >= 15 is 0 Å². The number of carbonyl (C=O) groups excluding carboxylic acids is 2. The number of halogens is 2. The molecular weight excluding hydrogens is 452 g/mol. The average molecular weight is 470 g/mol. The van der Waals surface area contributed by atoms with Crippen LogP contribution in [0, 0.1) is 5.92 Å². The lowest BCUT2D eigenvalue weighted by atomic mass is 10.0. The third kappa shape index (κ3) is 3.36. The molecule has 0 unspecified atom stereocenters. The molecule has 146 valence electrons. The van der Waals surface area contributed by atoms with Crippen LogP contribution in [0.15, 0.2) is 53.0 Å². The van der Waals surface area contributed by atoms with E-state index in [2.05, 4.69) is 27.0 Å². The molecule has 4 nitrogen and oxygen atoms in total. The molecule has 0 bridgehead atoms. The van der Waals surface area contributed by atoms with Gasteiger partial charge in [-0.15, -0.1) is 0 Å². The van der Waals surface area contributed by atoms with Crippen molar-refractivity contribution >= 4 is 50.2 Å². The van der Waals surface area contributed by atoms with Crippen LogP contribution in [-0.2, 0) is 6.42 Å². The van der Waals surface area contributed by atoms with Crippen molar-refractivity contribution in [3.63, 3.8) is 0 Å². The molecule has 1 saturated carbocycles. The van der Waals surface area contributed by atoms with Crippen molar-refractivity contribution < 1.29 is 9.59 Å². The summed E-state index contributed by atoms with van der Waals surface area (Å²) in [5.41, 5.74) is 2.81. The van der Waals surface area contributed by atoms with E-state index in [9.17, 15) is 9.59 Å². The molecule has 1 aliphatic carbocycles. The molecule has 0 N–H and O–H groups in total. The zero-order valence-electron chi connectivity index (χ0n) is 15.6. The largest absolute Gasteiger partial charge is 0.271 e. The molecule has 2 heterocycles. The van der Waals surface area contributed by atoms with Crippen molar-refractivity contribution in [3.8, 4) is 0 Å². The second-order valence-corrected chi connectivity index (χ2v) is 9.02. The zero-order chi connectivity index (χ0) is 20.1. The highest BCUT2D eigenvalue weighted by atomic mass is 79.9. The number of nitrogens with zero attached hydrogens (tertiary/aromatic N) is 2. The first-order chi connectivity index (χ1) is 14.0. The number of hydrogen-bond donors (Lipinski definition) is 0. The Bertz CT molecular complexity index is 1120. The van der Waals surface area contributed by atoms with E-state index in [1.54, 1.807) is 24.3 Å². The number of amides is 2. The molecule has 0 radical (unpaired) electrons. The van der Waals surface area contributed by atoms with E-state index in [0.29, 0.717) is 35.0 Å². The van der Waals surface area contributed by atoms with Crippen LogP contribution in [0.5, 0.6) is 0 Å². The van der Waals surface area contributed by atoms with Crippen LogP contribution >= 0.6 is 27.5 Å². The van der Waals surface area contributed by atoms with Crippen LogP contribution < -0.4 is 0 Å². The smallest absolute Gasteiger partial charge is 0.261 e. The molecule has 2 aromatic carbocycles. The van der Waals surface area contributed by atoms with Crippen molar-refractivity contribution in [1.29, 1.82) is 0 Å². The number of fused-ring (bicyclic) bond motifs is 2. The minimum absolute atomic E-state index is 0.0981. The van der Waals surface area contributed by atoms with Gasteiger partial charge in [0.2, 0.25) is 0 Å². The Hall–Kier alpha value is -2.24. The fourth-order valence-corrected chi connectivity index (χ4v) is 4.79. The Morgan fingerprint density at radius 1 is 1.07 bits per heavy atom. The number of rotatable bonds is 5. The number of imide groups is 1. The fraction of sp³-hybridized carbons (Fsp3) is 0.261. The van der Waals surface area contributed by atoms with Gasteiger partial charge in [-0.3, -0.25) is 14.5 Å². The molecule has 1 fully saturated rings. The first kappa shape index (κ1) is 18.8. The number of pyridine rings is 1. The number of carbonyl (C=O) groups is 2.